The number of amides is 1. The Morgan fingerprint density at radius 2 is 2.00 bits per heavy atom. The van der Waals surface area contributed by atoms with E-state index >= 15 is 0 Å². The van der Waals surface area contributed by atoms with Crippen LogP contribution < -0.4 is 5.32 Å². The molecule has 2 N–H and O–H groups in total. The van der Waals surface area contributed by atoms with Gasteiger partial charge in [0, 0.05) is 5.69 Å². The van der Waals surface area contributed by atoms with Crippen molar-refractivity contribution < 1.29 is 19.2 Å². The van der Waals surface area contributed by atoms with Gasteiger partial charge in [-0.1, -0.05) is 5.10 Å². The number of nitro groups is 1. The number of nitrogens with one attached hydrogen (secondary N) is 2. The summed E-state index contributed by atoms with van der Waals surface area (Å²) >= 11 is 2.95. The van der Waals surface area contributed by atoms with Gasteiger partial charge in [-0.15, -0.1) is 5.10 Å². The quantitative estimate of drug-likeness (QED) is 0.483. The minimum atomic E-state index is -0.695. The van der Waals surface area contributed by atoms with Crippen LogP contribution in [0.4, 0.5) is 11.5 Å². The van der Waals surface area contributed by atoms with Gasteiger partial charge in [-0.05, 0) is 45.1 Å². The molecule has 0 aliphatic heterocycles. The van der Waals surface area contributed by atoms with Crippen molar-refractivity contribution in [1.29, 1.82) is 0 Å². The van der Waals surface area contributed by atoms with Crippen molar-refractivity contribution >= 4 is 39.3 Å². The fourth-order valence-corrected chi connectivity index (χ4v) is 2.09. The van der Waals surface area contributed by atoms with E-state index in [4.69, 9.17) is 0 Å². The molecule has 1 heterocycles. The van der Waals surface area contributed by atoms with Crippen molar-refractivity contribution in [2.45, 2.75) is 0 Å². The molecule has 2 rings (SSSR count). The number of aromatic nitrogens is 2. The molecule has 22 heavy (non-hydrogen) atoms. The van der Waals surface area contributed by atoms with E-state index in [9.17, 15) is 19.7 Å². The highest BCUT2D eigenvalue weighted by atomic mass is 79.9. The first kappa shape index (κ1) is 15.6. The van der Waals surface area contributed by atoms with E-state index in [1.165, 1.54) is 31.4 Å². The minimum Gasteiger partial charge on any atom is -0.465 e. The van der Waals surface area contributed by atoms with Crippen molar-refractivity contribution in [3.63, 3.8) is 0 Å². The molecule has 0 fully saturated rings. The molecule has 0 spiro atoms. The average molecular weight is 369 g/mol. The van der Waals surface area contributed by atoms with Crippen molar-refractivity contribution in [2.24, 2.45) is 0 Å². The van der Waals surface area contributed by atoms with Crippen LogP contribution in [0.5, 0.6) is 0 Å². The molecular weight excluding hydrogens is 360 g/mol. The maximum atomic E-state index is 12.0. The molecular formula is C12H9BrN4O5. The Balaban J connectivity index is 2.15. The summed E-state index contributed by atoms with van der Waals surface area (Å²) in [6.45, 7) is 0. The smallest absolute Gasteiger partial charge is 0.357 e. The van der Waals surface area contributed by atoms with Crippen LogP contribution in [0.2, 0.25) is 0 Å². The lowest BCUT2D eigenvalue weighted by Crippen LogP contribution is -2.13. The average Bonchev–Trinajstić information content (AvgIpc) is 2.89. The van der Waals surface area contributed by atoms with Gasteiger partial charge < -0.3 is 20.2 Å². The van der Waals surface area contributed by atoms with E-state index < -0.39 is 22.6 Å². The van der Waals surface area contributed by atoms with E-state index in [1.807, 2.05) is 0 Å². The minimum absolute atomic E-state index is 0.0406. The Labute approximate surface area is 131 Å². The molecule has 0 aliphatic carbocycles. The lowest BCUT2D eigenvalue weighted by atomic mass is 10.2. The number of hydrogen-bond acceptors (Lipinski definition) is 6. The van der Waals surface area contributed by atoms with Crippen molar-refractivity contribution in [2.75, 3.05) is 12.4 Å². The van der Waals surface area contributed by atoms with Gasteiger partial charge in [-0.25, -0.2) is 4.79 Å². The summed E-state index contributed by atoms with van der Waals surface area (Å²) in [7, 11) is 1.26. The first-order valence-corrected chi connectivity index (χ1v) is 6.61. The zero-order valence-corrected chi connectivity index (χ0v) is 12.7. The van der Waals surface area contributed by atoms with E-state index in [1.54, 1.807) is 0 Å². The number of H-pyrrole nitrogens is 1. The van der Waals surface area contributed by atoms with Crippen LogP contribution in [0.3, 0.4) is 0 Å². The number of hydrogen-bond donors (Lipinski definition) is 2. The normalized spacial score (nSPS) is 10.1. The van der Waals surface area contributed by atoms with E-state index in [0.717, 1.165) is 0 Å². The Kier molecular flexibility index (Phi) is 4.51. The summed E-state index contributed by atoms with van der Waals surface area (Å²) in [5.74, 6) is -1.54. The molecule has 1 amide bonds. The van der Waals surface area contributed by atoms with Crippen LogP contribution in [0.15, 0.2) is 28.7 Å². The van der Waals surface area contributed by atoms with Gasteiger partial charge in [0.2, 0.25) is 0 Å². The molecule has 0 bridgehead atoms. The summed E-state index contributed by atoms with van der Waals surface area (Å²) in [6, 6.07) is 5.95. The van der Waals surface area contributed by atoms with Gasteiger partial charge in [0.25, 0.3) is 5.91 Å². The standard InChI is InChI=1S/C12H9BrN4O5/c1-22-12(19)6-2-4-7(5-3-6)14-11(18)9-8(13)10(16-15-9)17(20)21/h2-5H,1H3,(H,14,18)(H,15,16). The van der Waals surface area contributed by atoms with Gasteiger partial charge >= 0.3 is 11.8 Å². The predicted molar refractivity (Wildman–Crippen MR) is 78.7 cm³/mol. The number of ether oxygens (including phenoxy) is 1. The second-order valence-electron chi connectivity index (χ2n) is 4.01. The lowest BCUT2D eigenvalue weighted by molar-refractivity contribution is -0.390. The number of anilines is 1. The number of carbonyl (C=O) groups is 2. The number of esters is 1. The maximum absolute atomic E-state index is 12.0. The highest BCUT2D eigenvalue weighted by molar-refractivity contribution is 9.10. The van der Waals surface area contributed by atoms with E-state index in [2.05, 4.69) is 36.2 Å². The van der Waals surface area contributed by atoms with Gasteiger partial charge in [0.1, 0.15) is 4.47 Å². The highest BCUT2D eigenvalue weighted by Gasteiger charge is 2.24. The van der Waals surface area contributed by atoms with Crippen LogP contribution in [0, 0.1) is 10.1 Å². The van der Waals surface area contributed by atoms with Crippen molar-refractivity contribution in [3.05, 3.63) is 50.1 Å². The number of aromatic amines is 1. The summed E-state index contributed by atoms with van der Waals surface area (Å²) in [4.78, 5) is 33.3. The van der Waals surface area contributed by atoms with Crippen LogP contribution in [0.25, 0.3) is 0 Å². The van der Waals surface area contributed by atoms with E-state index in [0.29, 0.717) is 11.3 Å². The van der Waals surface area contributed by atoms with Crippen LogP contribution in [-0.2, 0) is 4.74 Å². The Hall–Kier alpha value is -2.75. The number of methoxy groups -OCH3 is 1. The molecule has 9 nitrogen and oxygen atoms in total. The number of nitrogens with zero attached hydrogens (tertiary/aromatic N) is 2. The first-order valence-electron chi connectivity index (χ1n) is 5.82. The largest absolute Gasteiger partial charge is 0.465 e. The van der Waals surface area contributed by atoms with Gasteiger partial charge in [-0.2, -0.15) is 0 Å². The van der Waals surface area contributed by atoms with Crippen molar-refractivity contribution in [3.8, 4) is 0 Å². The fraction of sp³-hybridized carbons (Fsp3) is 0.0833. The molecule has 0 atom stereocenters. The second-order valence-corrected chi connectivity index (χ2v) is 4.81. The van der Waals surface area contributed by atoms with Gasteiger partial charge in [-0.3, -0.25) is 4.79 Å². The second kappa shape index (κ2) is 6.35. The predicted octanol–water partition coefficient (Wildman–Crippen LogP) is 2.12. The zero-order valence-electron chi connectivity index (χ0n) is 11.1. The Bertz CT molecular complexity index is 740. The number of carbonyl (C=O) groups excluding carboxylic acids is 2. The highest BCUT2D eigenvalue weighted by Crippen LogP contribution is 2.26. The molecule has 0 radical (unpaired) electrons. The topological polar surface area (TPSA) is 127 Å². The molecule has 2 aromatic rings. The molecule has 0 aliphatic rings. The third-order valence-corrected chi connectivity index (χ3v) is 3.40. The monoisotopic (exact) mass is 368 g/mol. The summed E-state index contributed by atoms with van der Waals surface area (Å²) in [5.41, 5.74) is 0.580. The lowest BCUT2D eigenvalue weighted by Gasteiger charge is -2.04. The first-order chi connectivity index (χ1) is 10.4. The third kappa shape index (κ3) is 3.11. The Morgan fingerprint density at radius 1 is 1.36 bits per heavy atom. The molecule has 0 unspecified atom stereocenters. The summed E-state index contributed by atoms with van der Waals surface area (Å²) < 4.78 is 4.52. The molecule has 1 aromatic heterocycles. The number of benzene rings is 1. The van der Waals surface area contributed by atoms with E-state index in [-0.39, 0.29) is 10.2 Å². The summed E-state index contributed by atoms with van der Waals surface area (Å²) in [5, 5.41) is 18.9. The molecule has 0 saturated heterocycles. The number of halogens is 1. The number of rotatable bonds is 4. The molecule has 0 saturated carbocycles. The summed E-state index contributed by atoms with van der Waals surface area (Å²) in [6.07, 6.45) is 0. The van der Waals surface area contributed by atoms with Gasteiger partial charge in [0.15, 0.2) is 5.69 Å². The molecule has 10 heteroatoms. The van der Waals surface area contributed by atoms with Crippen molar-refractivity contribution in [1.82, 2.24) is 10.2 Å². The maximum Gasteiger partial charge on any atom is 0.357 e. The SMILES string of the molecule is COC(=O)c1ccc(NC(=O)c2n[nH]c([N+](=O)[O-])c2Br)cc1. The molecule has 114 valence electrons. The van der Waals surface area contributed by atoms with Crippen LogP contribution in [-0.4, -0.2) is 34.1 Å². The zero-order chi connectivity index (χ0) is 16.3. The Morgan fingerprint density at radius 3 is 2.50 bits per heavy atom. The van der Waals surface area contributed by atoms with Crippen LogP contribution >= 0.6 is 15.9 Å². The molecule has 1 aromatic carbocycles. The fourth-order valence-electron chi connectivity index (χ4n) is 1.59. The van der Waals surface area contributed by atoms with Gasteiger partial charge in [0.05, 0.1) is 12.7 Å². The third-order valence-electron chi connectivity index (χ3n) is 2.65. The van der Waals surface area contributed by atoms with Crippen LogP contribution in [0.1, 0.15) is 20.8 Å².